The van der Waals surface area contributed by atoms with Crippen LogP contribution in [0.25, 0.3) is 0 Å². The van der Waals surface area contributed by atoms with Crippen LogP contribution in [0.5, 0.6) is 11.5 Å². The standard InChI is InChI=1S/C17H17NO6/c1-11-3-5-14(9-12(11)2)23-7-8-24-16-6-4-13(18(21)22)10-15(16)17(19)20/h3-6,9-10H,7-8H2,1-2H3,(H,19,20). The van der Waals surface area contributed by atoms with Crippen LogP contribution in [0.1, 0.15) is 21.5 Å². The van der Waals surface area contributed by atoms with Gasteiger partial charge in [0, 0.05) is 12.1 Å². The van der Waals surface area contributed by atoms with Crippen molar-refractivity contribution in [3.63, 3.8) is 0 Å². The van der Waals surface area contributed by atoms with Gasteiger partial charge in [-0.1, -0.05) is 6.07 Å². The number of non-ortho nitro benzene ring substituents is 1. The van der Waals surface area contributed by atoms with E-state index in [-0.39, 0.29) is 30.2 Å². The Bertz CT molecular complexity index is 772. The second kappa shape index (κ2) is 7.45. The van der Waals surface area contributed by atoms with E-state index in [9.17, 15) is 14.9 Å². The Morgan fingerprint density at radius 2 is 1.79 bits per heavy atom. The monoisotopic (exact) mass is 331 g/mol. The molecule has 0 atom stereocenters. The van der Waals surface area contributed by atoms with Crippen LogP contribution in [-0.2, 0) is 0 Å². The zero-order valence-corrected chi connectivity index (χ0v) is 13.3. The van der Waals surface area contributed by atoms with Gasteiger partial charge in [-0.2, -0.15) is 0 Å². The van der Waals surface area contributed by atoms with Crippen molar-refractivity contribution in [1.82, 2.24) is 0 Å². The van der Waals surface area contributed by atoms with Crippen molar-refractivity contribution < 1.29 is 24.3 Å². The van der Waals surface area contributed by atoms with Crippen molar-refractivity contribution >= 4 is 11.7 Å². The van der Waals surface area contributed by atoms with Crippen molar-refractivity contribution in [3.8, 4) is 11.5 Å². The van der Waals surface area contributed by atoms with Gasteiger partial charge in [0.15, 0.2) is 0 Å². The fourth-order valence-electron chi connectivity index (χ4n) is 2.04. The van der Waals surface area contributed by atoms with Crippen LogP contribution < -0.4 is 9.47 Å². The average Bonchev–Trinajstić information content (AvgIpc) is 2.54. The van der Waals surface area contributed by atoms with Crippen molar-refractivity contribution in [2.24, 2.45) is 0 Å². The molecule has 0 aromatic heterocycles. The maximum Gasteiger partial charge on any atom is 0.339 e. The number of nitro benzene ring substituents is 1. The summed E-state index contributed by atoms with van der Waals surface area (Å²) in [6.07, 6.45) is 0. The largest absolute Gasteiger partial charge is 0.490 e. The number of hydrogen-bond acceptors (Lipinski definition) is 5. The van der Waals surface area contributed by atoms with E-state index in [0.717, 1.165) is 17.2 Å². The molecule has 0 radical (unpaired) electrons. The maximum absolute atomic E-state index is 11.2. The van der Waals surface area contributed by atoms with Crippen LogP contribution in [0.2, 0.25) is 0 Å². The van der Waals surface area contributed by atoms with E-state index in [1.807, 2.05) is 32.0 Å². The Morgan fingerprint density at radius 1 is 1.08 bits per heavy atom. The summed E-state index contributed by atoms with van der Waals surface area (Å²) < 4.78 is 10.9. The summed E-state index contributed by atoms with van der Waals surface area (Å²) in [6, 6.07) is 9.15. The second-order valence-electron chi connectivity index (χ2n) is 5.19. The first-order valence-electron chi connectivity index (χ1n) is 7.23. The summed E-state index contributed by atoms with van der Waals surface area (Å²) in [5.74, 6) is -0.524. The van der Waals surface area contributed by atoms with Crippen LogP contribution >= 0.6 is 0 Å². The molecular weight excluding hydrogens is 314 g/mol. The molecule has 0 aliphatic rings. The number of rotatable bonds is 7. The van der Waals surface area contributed by atoms with Crippen LogP contribution in [0, 0.1) is 24.0 Å². The zero-order chi connectivity index (χ0) is 17.7. The highest BCUT2D eigenvalue weighted by Gasteiger charge is 2.17. The summed E-state index contributed by atoms with van der Waals surface area (Å²) in [5.41, 5.74) is 1.72. The summed E-state index contributed by atoms with van der Waals surface area (Å²) in [7, 11) is 0. The summed E-state index contributed by atoms with van der Waals surface area (Å²) >= 11 is 0. The fraction of sp³-hybridized carbons (Fsp3) is 0.235. The molecule has 0 unspecified atom stereocenters. The molecule has 0 saturated heterocycles. The van der Waals surface area contributed by atoms with E-state index in [0.29, 0.717) is 5.75 Å². The van der Waals surface area contributed by atoms with Crippen molar-refractivity contribution in [3.05, 3.63) is 63.2 Å². The number of hydrogen-bond donors (Lipinski definition) is 1. The zero-order valence-electron chi connectivity index (χ0n) is 13.3. The highest BCUT2D eigenvalue weighted by molar-refractivity contribution is 5.91. The molecule has 0 amide bonds. The summed E-state index contributed by atoms with van der Waals surface area (Å²) in [4.78, 5) is 21.2. The molecule has 2 aromatic rings. The number of ether oxygens (including phenoxy) is 2. The van der Waals surface area contributed by atoms with Crippen LogP contribution in [-0.4, -0.2) is 29.2 Å². The van der Waals surface area contributed by atoms with Crippen molar-refractivity contribution in [1.29, 1.82) is 0 Å². The number of carboxylic acids is 1. The van der Waals surface area contributed by atoms with Gasteiger partial charge in [0.2, 0.25) is 0 Å². The van der Waals surface area contributed by atoms with Gasteiger partial charge < -0.3 is 14.6 Å². The number of nitrogens with zero attached hydrogens (tertiary/aromatic N) is 1. The van der Waals surface area contributed by atoms with Gasteiger partial charge in [-0.05, 0) is 43.2 Å². The van der Waals surface area contributed by atoms with Crippen LogP contribution in [0.15, 0.2) is 36.4 Å². The third-order valence-electron chi connectivity index (χ3n) is 3.49. The molecule has 0 aliphatic heterocycles. The Hall–Kier alpha value is -3.09. The highest BCUT2D eigenvalue weighted by atomic mass is 16.6. The number of carbonyl (C=O) groups is 1. The quantitative estimate of drug-likeness (QED) is 0.474. The van der Waals surface area contributed by atoms with E-state index in [2.05, 4.69) is 0 Å². The van der Waals surface area contributed by atoms with Crippen LogP contribution in [0.4, 0.5) is 5.69 Å². The molecule has 24 heavy (non-hydrogen) atoms. The first kappa shape index (κ1) is 17.3. The predicted octanol–water partition coefficient (Wildman–Crippen LogP) is 3.37. The van der Waals surface area contributed by atoms with Crippen LogP contribution in [0.3, 0.4) is 0 Å². The summed E-state index contributed by atoms with van der Waals surface area (Å²) in [5, 5.41) is 19.8. The molecule has 0 heterocycles. The highest BCUT2D eigenvalue weighted by Crippen LogP contribution is 2.24. The van der Waals surface area contributed by atoms with Gasteiger partial charge in [0.05, 0.1) is 4.92 Å². The minimum atomic E-state index is -1.29. The average molecular weight is 331 g/mol. The molecule has 0 fully saturated rings. The molecule has 7 heteroatoms. The molecule has 7 nitrogen and oxygen atoms in total. The third-order valence-corrected chi connectivity index (χ3v) is 3.49. The lowest BCUT2D eigenvalue weighted by Crippen LogP contribution is -2.11. The van der Waals surface area contributed by atoms with E-state index >= 15 is 0 Å². The van der Waals surface area contributed by atoms with Crippen molar-refractivity contribution in [2.75, 3.05) is 13.2 Å². The molecule has 0 saturated carbocycles. The first-order valence-corrected chi connectivity index (χ1v) is 7.23. The second-order valence-corrected chi connectivity index (χ2v) is 5.19. The maximum atomic E-state index is 11.2. The van der Waals surface area contributed by atoms with E-state index in [1.54, 1.807) is 0 Å². The summed E-state index contributed by atoms with van der Waals surface area (Å²) in [6.45, 7) is 4.32. The molecule has 0 aliphatic carbocycles. The number of aryl methyl sites for hydroxylation is 2. The van der Waals surface area contributed by atoms with Gasteiger partial charge in [0.25, 0.3) is 5.69 Å². The number of aromatic carboxylic acids is 1. The molecule has 0 spiro atoms. The minimum Gasteiger partial charge on any atom is -0.490 e. The Balaban J connectivity index is 1.97. The molecule has 1 N–H and O–H groups in total. The van der Waals surface area contributed by atoms with Crippen molar-refractivity contribution in [2.45, 2.75) is 13.8 Å². The topological polar surface area (TPSA) is 98.9 Å². The lowest BCUT2D eigenvalue weighted by atomic mass is 10.1. The number of carboxylic acid groups (broad SMARTS) is 1. The number of benzene rings is 2. The van der Waals surface area contributed by atoms with Gasteiger partial charge in [-0.3, -0.25) is 10.1 Å². The Labute approximate surface area is 138 Å². The smallest absolute Gasteiger partial charge is 0.339 e. The van der Waals surface area contributed by atoms with E-state index in [4.69, 9.17) is 14.6 Å². The molecular formula is C17H17NO6. The Kier molecular flexibility index (Phi) is 5.36. The van der Waals surface area contributed by atoms with Gasteiger partial charge in [-0.25, -0.2) is 4.79 Å². The van der Waals surface area contributed by atoms with E-state index < -0.39 is 10.9 Å². The van der Waals surface area contributed by atoms with Gasteiger partial charge in [-0.15, -0.1) is 0 Å². The Morgan fingerprint density at radius 3 is 2.42 bits per heavy atom. The molecule has 2 aromatic carbocycles. The normalized spacial score (nSPS) is 10.2. The SMILES string of the molecule is Cc1ccc(OCCOc2ccc([N+](=O)[O-])cc2C(=O)O)cc1C. The number of nitro groups is 1. The predicted molar refractivity (Wildman–Crippen MR) is 87.0 cm³/mol. The molecule has 2 rings (SSSR count). The van der Waals surface area contributed by atoms with Gasteiger partial charge >= 0.3 is 5.97 Å². The third kappa shape index (κ3) is 4.22. The lowest BCUT2D eigenvalue weighted by Gasteiger charge is -2.11. The fourth-order valence-corrected chi connectivity index (χ4v) is 2.04. The molecule has 126 valence electrons. The van der Waals surface area contributed by atoms with Gasteiger partial charge in [0.1, 0.15) is 30.3 Å². The lowest BCUT2D eigenvalue weighted by molar-refractivity contribution is -0.384. The molecule has 0 bridgehead atoms. The van der Waals surface area contributed by atoms with E-state index in [1.165, 1.54) is 12.1 Å². The minimum absolute atomic E-state index is 0.0665. The first-order chi connectivity index (χ1) is 11.4.